The molecule has 9 N–H and O–H groups in total. The highest BCUT2D eigenvalue weighted by Gasteiger charge is 2.30. The monoisotopic (exact) mass is 1240 g/mol. The van der Waals surface area contributed by atoms with Crippen molar-refractivity contribution in [2.45, 2.75) is 289 Å². The Balaban J connectivity index is 5.72. The van der Waals surface area contributed by atoms with Gasteiger partial charge in [0, 0.05) is 45.4 Å². The smallest absolute Gasteiger partial charge is 0.320 e. The number of carbonyl (C=O) groups is 10. The number of carboxylic acids is 6. The van der Waals surface area contributed by atoms with E-state index in [0.29, 0.717) is 13.1 Å². The Labute approximate surface area is 520 Å². The number of carboxylic acid groups (broad SMARTS) is 6. The lowest BCUT2D eigenvalue weighted by Gasteiger charge is -2.25. The van der Waals surface area contributed by atoms with Gasteiger partial charge in [-0.3, -0.25) is 57.7 Å². The average Bonchev–Trinajstić information content (AvgIpc) is 3.61. The van der Waals surface area contributed by atoms with Gasteiger partial charge in [0.2, 0.25) is 23.6 Å². The van der Waals surface area contributed by atoms with E-state index >= 15 is 0 Å². The van der Waals surface area contributed by atoms with E-state index in [1.165, 1.54) is 116 Å². The normalized spacial score (nSPS) is 12.5. The van der Waals surface area contributed by atoms with E-state index in [4.69, 9.17) is 0 Å². The molecule has 0 saturated carbocycles. The first-order valence-corrected chi connectivity index (χ1v) is 33.4. The summed E-state index contributed by atoms with van der Waals surface area (Å²) in [6, 6.07) is -4.07. The van der Waals surface area contributed by atoms with Crippen LogP contribution in [0.1, 0.15) is 271 Å². The van der Waals surface area contributed by atoms with E-state index in [1.807, 2.05) is 4.90 Å². The molecule has 0 saturated heterocycles. The van der Waals surface area contributed by atoms with Crippen LogP contribution in [-0.2, 0) is 47.9 Å². The Morgan fingerprint density at radius 1 is 0.368 bits per heavy atom. The first-order chi connectivity index (χ1) is 41.8. The molecule has 22 heteroatoms. The summed E-state index contributed by atoms with van der Waals surface area (Å²) in [5.41, 5.74) is 0. The number of allylic oxidation sites excluding steroid dienone is 2. The maximum Gasteiger partial charge on any atom is 0.320 e. The quantitative estimate of drug-likeness (QED) is 0.0202. The van der Waals surface area contributed by atoms with Gasteiger partial charge in [-0.05, 0) is 83.5 Å². The summed E-state index contributed by atoms with van der Waals surface area (Å²) in [6.45, 7) is 2.47. The van der Waals surface area contributed by atoms with Crippen molar-refractivity contribution < 1.29 is 78.6 Å². The second kappa shape index (κ2) is 55.7. The molecule has 4 amide bonds. The number of nitrogens with zero attached hydrogens (tertiary/aromatic N) is 3. The minimum absolute atomic E-state index is 0.0151. The van der Waals surface area contributed by atoms with E-state index in [1.54, 1.807) is 0 Å². The van der Waals surface area contributed by atoms with Crippen molar-refractivity contribution in [3.05, 3.63) is 12.2 Å². The largest absolute Gasteiger partial charge is 0.480 e. The third-order valence-electron chi connectivity index (χ3n) is 15.7. The molecular formula is C65H116N6O16. The highest BCUT2D eigenvalue weighted by atomic mass is 16.4. The van der Waals surface area contributed by atoms with E-state index in [0.717, 1.165) is 86.8 Å². The van der Waals surface area contributed by atoms with Gasteiger partial charge >= 0.3 is 35.8 Å². The van der Waals surface area contributed by atoms with Crippen LogP contribution in [-0.4, -0.2) is 175 Å². The van der Waals surface area contributed by atoms with Crippen molar-refractivity contribution >= 4 is 59.4 Å². The Morgan fingerprint density at radius 2 is 0.713 bits per heavy atom. The zero-order chi connectivity index (χ0) is 64.7. The second-order valence-electron chi connectivity index (χ2n) is 23.5. The third-order valence-corrected chi connectivity index (χ3v) is 15.7. The molecule has 0 aromatic carbocycles. The molecular weight excluding hydrogens is 1120 g/mol. The molecule has 0 aliphatic rings. The lowest BCUT2D eigenvalue weighted by molar-refractivity contribution is -0.152. The maximum absolute atomic E-state index is 13.9. The van der Waals surface area contributed by atoms with E-state index in [-0.39, 0.29) is 83.2 Å². The fourth-order valence-electron chi connectivity index (χ4n) is 10.7. The Morgan fingerprint density at radius 3 is 1.07 bits per heavy atom. The number of carbonyl (C=O) groups excluding carboxylic acids is 4. The number of aliphatic carboxylic acids is 6. The number of amides is 4. The van der Waals surface area contributed by atoms with Gasteiger partial charge in [0.05, 0.1) is 26.2 Å². The summed E-state index contributed by atoms with van der Waals surface area (Å²) >= 11 is 0. The molecule has 0 aromatic rings. The highest BCUT2D eigenvalue weighted by molar-refractivity contribution is 5.90. The highest BCUT2D eigenvalue weighted by Crippen LogP contribution is 2.17. The van der Waals surface area contributed by atoms with E-state index in [9.17, 15) is 78.6 Å². The topological polar surface area (TPSA) is 338 Å². The summed E-state index contributed by atoms with van der Waals surface area (Å²) in [4.78, 5) is 127. The first-order valence-electron chi connectivity index (χ1n) is 33.4. The van der Waals surface area contributed by atoms with Crippen molar-refractivity contribution in [3.8, 4) is 0 Å². The summed E-state index contributed by atoms with van der Waals surface area (Å²) in [5, 5.41) is 64.4. The second-order valence-corrected chi connectivity index (χ2v) is 23.5. The zero-order valence-corrected chi connectivity index (χ0v) is 53.4. The number of hydrogen-bond acceptors (Lipinski definition) is 12. The molecule has 0 heterocycles. The van der Waals surface area contributed by atoms with Crippen LogP contribution in [0.25, 0.3) is 0 Å². The molecule has 0 bridgehead atoms. The SMILES string of the molecule is CCCCCCCC/C=C\CCCCCCCCN(CCCCCCCCCCCCCCCCCC)C(=O)CCC(=O)N[C@@H](CCC(=O)NCCCC[C@@H](C(=O)O)N(CC(=O)O)CC(=O)O)C(=O)NCCCC[C@@H](C(=O)O)N(CC(=O)O)CC(=O)O. The van der Waals surface area contributed by atoms with Crippen LogP contribution in [0.5, 0.6) is 0 Å². The summed E-state index contributed by atoms with van der Waals surface area (Å²) in [6.07, 6.45) is 40.7. The van der Waals surface area contributed by atoms with Crippen LogP contribution < -0.4 is 16.0 Å². The fourth-order valence-corrected chi connectivity index (χ4v) is 10.7. The van der Waals surface area contributed by atoms with Gasteiger partial charge < -0.3 is 51.5 Å². The molecule has 0 rings (SSSR count). The fraction of sp³-hybridized carbons (Fsp3) is 0.815. The number of hydrogen-bond donors (Lipinski definition) is 9. The molecule has 502 valence electrons. The molecule has 0 unspecified atom stereocenters. The van der Waals surface area contributed by atoms with Crippen LogP contribution in [0.2, 0.25) is 0 Å². The molecule has 0 radical (unpaired) electrons. The van der Waals surface area contributed by atoms with E-state index < -0.39 is 97.8 Å². The maximum atomic E-state index is 13.9. The Kier molecular flexibility index (Phi) is 52.0. The predicted octanol–water partition coefficient (Wildman–Crippen LogP) is 10.6. The van der Waals surface area contributed by atoms with Gasteiger partial charge in [-0.1, -0.05) is 180 Å². The number of nitrogens with one attached hydrogen (secondary N) is 3. The van der Waals surface area contributed by atoms with Crippen LogP contribution in [0, 0.1) is 0 Å². The molecule has 22 nitrogen and oxygen atoms in total. The van der Waals surface area contributed by atoms with Gasteiger partial charge in [0.15, 0.2) is 0 Å². The van der Waals surface area contributed by atoms with Gasteiger partial charge in [-0.25, -0.2) is 0 Å². The minimum Gasteiger partial charge on any atom is -0.480 e. The molecule has 0 fully saturated rings. The summed E-state index contributed by atoms with van der Waals surface area (Å²) < 4.78 is 0. The predicted molar refractivity (Wildman–Crippen MR) is 336 cm³/mol. The standard InChI is InChI=1S/C65H116N6O16/c1-3-5-7-9-11-13-15-17-19-21-23-25-27-29-31-37-47-69(48-38-32-30-28-26-24-22-20-18-16-14-12-10-8-6-4-2)58(74)44-43-57(73)68-53(63(83)67-46-36-34-40-55(65(86)87)71(51-61(79)80)52-62(81)82)41-42-56(72)66-45-35-33-39-54(64(84)85)70(49-59(75)76)50-60(77)78/h17,19,53-55H,3-16,18,20-52H2,1-2H3,(H,66,72)(H,67,83)(H,68,73)(H,75,76)(H,77,78)(H,79,80)(H,81,82)(H,84,85)(H,86,87)/b19-17-/t53-,54-,55-/m0/s1. The van der Waals surface area contributed by atoms with Crippen LogP contribution in [0.3, 0.4) is 0 Å². The molecule has 0 aliphatic carbocycles. The van der Waals surface area contributed by atoms with Crippen LogP contribution in [0.4, 0.5) is 0 Å². The first kappa shape index (κ1) is 81.4. The Bertz CT molecular complexity index is 1910. The van der Waals surface area contributed by atoms with Gasteiger partial charge in [0.25, 0.3) is 0 Å². The zero-order valence-electron chi connectivity index (χ0n) is 53.4. The number of unbranched alkanes of at least 4 members (excludes halogenated alkanes) is 29. The van der Waals surface area contributed by atoms with Crippen LogP contribution >= 0.6 is 0 Å². The molecule has 0 spiro atoms. The molecule has 0 aliphatic heterocycles. The van der Waals surface area contributed by atoms with Crippen LogP contribution in [0.15, 0.2) is 12.2 Å². The number of rotatable bonds is 63. The van der Waals surface area contributed by atoms with Gasteiger partial charge in [-0.2, -0.15) is 0 Å². The third kappa shape index (κ3) is 49.0. The van der Waals surface area contributed by atoms with Gasteiger partial charge in [-0.15, -0.1) is 0 Å². The summed E-state index contributed by atoms with van der Waals surface area (Å²) in [5.74, 6) is -10.3. The lowest BCUT2D eigenvalue weighted by atomic mass is 10.0. The van der Waals surface area contributed by atoms with Crippen molar-refractivity contribution in [2.75, 3.05) is 52.4 Å². The summed E-state index contributed by atoms with van der Waals surface area (Å²) in [7, 11) is 0. The van der Waals surface area contributed by atoms with Crippen molar-refractivity contribution in [3.63, 3.8) is 0 Å². The van der Waals surface area contributed by atoms with Crippen molar-refractivity contribution in [2.24, 2.45) is 0 Å². The minimum atomic E-state index is -1.43. The Hall–Kier alpha value is -5.64. The molecule has 0 aromatic heterocycles. The van der Waals surface area contributed by atoms with Gasteiger partial charge in [0.1, 0.15) is 18.1 Å². The van der Waals surface area contributed by atoms with E-state index in [2.05, 4.69) is 41.9 Å². The molecule has 87 heavy (non-hydrogen) atoms. The average molecular weight is 1240 g/mol. The molecule has 3 atom stereocenters. The van der Waals surface area contributed by atoms with Crippen molar-refractivity contribution in [1.82, 2.24) is 30.7 Å². The van der Waals surface area contributed by atoms with Crippen molar-refractivity contribution in [1.29, 1.82) is 0 Å². The lowest BCUT2D eigenvalue weighted by Crippen LogP contribution is -2.48.